The van der Waals surface area contributed by atoms with Gasteiger partial charge in [0.15, 0.2) is 0 Å². The molecule has 7 nitrogen and oxygen atoms in total. The molecule has 0 amide bonds. The molecule has 0 aromatic heterocycles. The lowest BCUT2D eigenvalue weighted by Crippen LogP contribution is -2.20. The Hall–Kier alpha value is -1.89. The summed E-state index contributed by atoms with van der Waals surface area (Å²) in [5.41, 5.74) is 0. The highest BCUT2D eigenvalue weighted by Crippen LogP contribution is 1.70. The van der Waals surface area contributed by atoms with E-state index in [1.54, 1.807) is 19.0 Å². The summed E-state index contributed by atoms with van der Waals surface area (Å²) >= 11 is 0. The van der Waals surface area contributed by atoms with E-state index < -0.39 is 17.9 Å². The Morgan fingerprint density at radius 3 is 1.40 bits per heavy atom. The van der Waals surface area contributed by atoms with E-state index in [1.807, 2.05) is 0 Å². The lowest BCUT2D eigenvalue weighted by Gasteiger charge is -2.01. The van der Waals surface area contributed by atoms with Gasteiger partial charge >= 0.3 is 17.9 Å². The maximum absolute atomic E-state index is 9.77. The third-order valence-electron chi connectivity index (χ3n) is 0.820. The first-order chi connectivity index (χ1) is 6.75. The van der Waals surface area contributed by atoms with Crippen LogP contribution in [0.25, 0.3) is 0 Å². The molecule has 0 saturated heterocycles. The van der Waals surface area contributed by atoms with Crippen LogP contribution in [0.4, 0.5) is 0 Å². The Balaban J connectivity index is 0. The molecule has 0 saturated carbocycles. The standard InChI is InChI=1S/C4H9NO2.C4H4O4/c1-5(2)3-4(6)7;5-3(6)1-2-4(7)8/h3H2,1-2H3,(H,6,7);1-2H,(H,5,6)(H,7,8). The van der Waals surface area contributed by atoms with Crippen molar-refractivity contribution in [3.05, 3.63) is 12.2 Å². The summed E-state index contributed by atoms with van der Waals surface area (Å²) in [7, 11) is 3.43. The SMILES string of the molecule is CN(C)CC(=O)O.O=C(O)C=CC(=O)O. The van der Waals surface area contributed by atoms with Crippen LogP contribution in [-0.2, 0) is 14.4 Å². The minimum absolute atomic E-state index is 0.111. The van der Waals surface area contributed by atoms with Crippen LogP contribution < -0.4 is 0 Å². The Morgan fingerprint density at radius 2 is 1.33 bits per heavy atom. The molecule has 15 heavy (non-hydrogen) atoms. The molecule has 0 bridgehead atoms. The van der Waals surface area contributed by atoms with Crippen LogP contribution in [0.1, 0.15) is 0 Å². The number of carbonyl (C=O) groups is 3. The Kier molecular flexibility index (Phi) is 9.03. The van der Waals surface area contributed by atoms with E-state index in [9.17, 15) is 14.4 Å². The van der Waals surface area contributed by atoms with Crippen LogP contribution in [0.3, 0.4) is 0 Å². The third-order valence-corrected chi connectivity index (χ3v) is 0.820. The van der Waals surface area contributed by atoms with Crippen LogP contribution >= 0.6 is 0 Å². The van der Waals surface area contributed by atoms with E-state index in [0.717, 1.165) is 0 Å². The molecule has 0 aromatic carbocycles. The maximum Gasteiger partial charge on any atom is 0.328 e. The highest BCUT2D eigenvalue weighted by molar-refractivity contribution is 5.89. The summed E-state index contributed by atoms with van der Waals surface area (Å²) in [5.74, 6) is -3.30. The van der Waals surface area contributed by atoms with Gasteiger partial charge in [-0.25, -0.2) is 9.59 Å². The van der Waals surface area contributed by atoms with Gasteiger partial charge in [0.2, 0.25) is 0 Å². The number of nitrogens with zero attached hydrogens (tertiary/aromatic N) is 1. The molecule has 86 valence electrons. The lowest BCUT2D eigenvalue weighted by molar-refractivity contribution is -0.137. The molecule has 0 heterocycles. The fraction of sp³-hybridized carbons (Fsp3) is 0.375. The number of rotatable bonds is 4. The molecule has 0 unspecified atom stereocenters. The second-order valence-corrected chi connectivity index (χ2v) is 2.64. The first kappa shape index (κ1) is 15.6. The largest absolute Gasteiger partial charge is 0.480 e. The predicted octanol–water partition coefficient (Wildman–Crippen LogP) is -0.656. The van der Waals surface area contributed by atoms with Crippen molar-refractivity contribution in [2.45, 2.75) is 0 Å². The van der Waals surface area contributed by atoms with E-state index in [0.29, 0.717) is 12.2 Å². The summed E-state index contributed by atoms with van der Waals surface area (Å²) in [6.07, 6.45) is 1.12. The molecule has 0 aliphatic heterocycles. The van der Waals surface area contributed by atoms with Crippen molar-refractivity contribution in [3.63, 3.8) is 0 Å². The van der Waals surface area contributed by atoms with Crippen LogP contribution in [0.15, 0.2) is 12.2 Å². The molecule has 0 atom stereocenters. The van der Waals surface area contributed by atoms with Gasteiger partial charge in [-0.2, -0.15) is 0 Å². The average Bonchev–Trinajstić information content (AvgIpc) is 1.99. The number of likely N-dealkylation sites (N-methyl/N-ethyl adjacent to an activating group) is 1. The van der Waals surface area contributed by atoms with E-state index in [4.69, 9.17) is 15.3 Å². The third kappa shape index (κ3) is 24.5. The van der Waals surface area contributed by atoms with Gasteiger partial charge in [0.25, 0.3) is 0 Å². The van der Waals surface area contributed by atoms with Crippen molar-refractivity contribution < 1.29 is 29.7 Å². The van der Waals surface area contributed by atoms with Gasteiger partial charge in [-0.1, -0.05) is 0 Å². The van der Waals surface area contributed by atoms with Gasteiger partial charge in [-0.15, -0.1) is 0 Å². The number of aliphatic carboxylic acids is 3. The van der Waals surface area contributed by atoms with Crippen molar-refractivity contribution in [1.29, 1.82) is 0 Å². The Morgan fingerprint density at radius 1 is 1.00 bits per heavy atom. The first-order valence-corrected chi connectivity index (χ1v) is 3.76. The maximum atomic E-state index is 9.77. The number of carboxylic acids is 3. The molecular weight excluding hydrogens is 206 g/mol. The van der Waals surface area contributed by atoms with Crippen LogP contribution in [0.2, 0.25) is 0 Å². The van der Waals surface area contributed by atoms with Crippen molar-refractivity contribution in [3.8, 4) is 0 Å². The summed E-state index contributed by atoms with van der Waals surface area (Å²) in [6.45, 7) is 0.111. The molecule has 0 aliphatic carbocycles. The second-order valence-electron chi connectivity index (χ2n) is 2.64. The minimum Gasteiger partial charge on any atom is -0.480 e. The lowest BCUT2D eigenvalue weighted by atomic mass is 10.5. The number of hydrogen-bond acceptors (Lipinski definition) is 4. The first-order valence-electron chi connectivity index (χ1n) is 3.76. The Labute approximate surface area is 86.2 Å². The zero-order valence-electron chi connectivity index (χ0n) is 8.38. The summed E-state index contributed by atoms with van der Waals surface area (Å²) < 4.78 is 0. The molecule has 3 N–H and O–H groups in total. The zero-order valence-corrected chi connectivity index (χ0v) is 8.38. The van der Waals surface area contributed by atoms with Crippen molar-refractivity contribution in [2.75, 3.05) is 20.6 Å². The van der Waals surface area contributed by atoms with Crippen molar-refractivity contribution in [2.24, 2.45) is 0 Å². The normalized spacial score (nSPS) is 9.53. The summed E-state index contributed by atoms with van der Waals surface area (Å²) in [5, 5.41) is 23.7. The average molecular weight is 219 g/mol. The highest BCUT2D eigenvalue weighted by Gasteiger charge is 1.94. The number of carboxylic acid groups (broad SMARTS) is 3. The molecule has 0 aromatic rings. The highest BCUT2D eigenvalue weighted by atomic mass is 16.4. The topological polar surface area (TPSA) is 115 Å². The van der Waals surface area contributed by atoms with Gasteiger partial charge < -0.3 is 15.3 Å². The monoisotopic (exact) mass is 219 g/mol. The zero-order chi connectivity index (χ0) is 12.4. The molecular formula is C8H13NO6. The van der Waals surface area contributed by atoms with Gasteiger partial charge in [-0.05, 0) is 14.1 Å². The fourth-order valence-corrected chi connectivity index (χ4v) is 0.413. The van der Waals surface area contributed by atoms with Gasteiger partial charge in [0.1, 0.15) is 0 Å². The smallest absolute Gasteiger partial charge is 0.328 e. The Bertz CT molecular complexity index is 242. The van der Waals surface area contributed by atoms with E-state index in [2.05, 4.69) is 0 Å². The molecule has 0 spiro atoms. The van der Waals surface area contributed by atoms with E-state index >= 15 is 0 Å². The van der Waals surface area contributed by atoms with Crippen LogP contribution in [0, 0.1) is 0 Å². The molecule has 7 heteroatoms. The molecule has 0 radical (unpaired) electrons. The quantitative estimate of drug-likeness (QED) is 0.538. The van der Waals surface area contributed by atoms with E-state index in [-0.39, 0.29) is 6.54 Å². The molecule has 0 fully saturated rings. The fourth-order valence-electron chi connectivity index (χ4n) is 0.413. The molecule has 0 aliphatic rings. The van der Waals surface area contributed by atoms with Gasteiger partial charge in [0.05, 0.1) is 6.54 Å². The van der Waals surface area contributed by atoms with Crippen LogP contribution in [0.5, 0.6) is 0 Å². The number of hydrogen-bond donors (Lipinski definition) is 3. The van der Waals surface area contributed by atoms with E-state index in [1.165, 1.54) is 0 Å². The summed E-state index contributed by atoms with van der Waals surface area (Å²) in [6, 6.07) is 0. The summed E-state index contributed by atoms with van der Waals surface area (Å²) in [4.78, 5) is 30.5. The minimum atomic E-state index is -1.26. The van der Waals surface area contributed by atoms with Crippen molar-refractivity contribution >= 4 is 17.9 Å². The van der Waals surface area contributed by atoms with Gasteiger partial charge in [0, 0.05) is 12.2 Å². The predicted molar refractivity (Wildman–Crippen MR) is 50.6 cm³/mol. The van der Waals surface area contributed by atoms with Crippen molar-refractivity contribution in [1.82, 2.24) is 4.90 Å². The second kappa shape index (κ2) is 8.70. The van der Waals surface area contributed by atoms with Gasteiger partial charge in [-0.3, -0.25) is 9.69 Å². The molecule has 0 rings (SSSR count). The van der Waals surface area contributed by atoms with Crippen LogP contribution in [-0.4, -0.2) is 58.8 Å².